The maximum absolute atomic E-state index is 12.0. The van der Waals surface area contributed by atoms with Crippen molar-refractivity contribution >= 4 is 5.91 Å². The van der Waals surface area contributed by atoms with E-state index in [9.17, 15) is 4.79 Å². The van der Waals surface area contributed by atoms with Crippen LogP contribution in [-0.4, -0.2) is 40.6 Å². The van der Waals surface area contributed by atoms with E-state index < -0.39 is 0 Å². The van der Waals surface area contributed by atoms with E-state index in [0.29, 0.717) is 18.4 Å². The van der Waals surface area contributed by atoms with Gasteiger partial charge in [0, 0.05) is 26.6 Å². The van der Waals surface area contributed by atoms with Crippen LogP contribution in [0.3, 0.4) is 0 Å². The molecule has 1 aliphatic carbocycles. The number of rotatable bonds is 4. The first-order chi connectivity index (χ1) is 7.63. The Bertz CT molecular complexity index is 386. The maximum atomic E-state index is 12.0. The zero-order chi connectivity index (χ0) is 11.7. The molecule has 1 aliphatic rings. The molecule has 2 N–H and O–H groups in total. The first kappa shape index (κ1) is 11.1. The normalized spacial score (nSPS) is 17.2. The van der Waals surface area contributed by atoms with Gasteiger partial charge in [-0.15, -0.1) is 0 Å². The van der Waals surface area contributed by atoms with E-state index in [1.165, 1.54) is 0 Å². The van der Waals surface area contributed by atoms with Crippen molar-refractivity contribution in [2.75, 3.05) is 13.6 Å². The second-order valence-corrected chi connectivity index (χ2v) is 4.19. The van der Waals surface area contributed by atoms with Gasteiger partial charge in [0.2, 0.25) is 5.89 Å². The molecule has 1 aromatic heterocycles. The van der Waals surface area contributed by atoms with Crippen molar-refractivity contribution in [3.8, 4) is 0 Å². The number of nitrogens with two attached hydrogens (primary N) is 1. The van der Waals surface area contributed by atoms with Gasteiger partial charge in [0.25, 0.3) is 11.7 Å². The van der Waals surface area contributed by atoms with Gasteiger partial charge >= 0.3 is 0 Å². The summed E-state index contributed by atoms with van der Waals surface area (Å²) in [5.74, 6) is 0.817. The Labute approximate surface area is 93.8 Å². The number of carbonyl (C=O) groups excluding carboxylic acids is 1. The van der Waals surface area contributed by atoms with Crippen LogP contribution in [0.2, 0.25) is 0 Å². The van der Waals surface area contributed by atoms with Crippen molar-refractivity contribution in [2.45, 2.75) is 25.8 Å². The maximum Gasteiger partial charge on any atom is 0.295 e. The smallest absolute Gasteiger partial charge is 0.295 e. The van der Waals surface area contributed by atoms with E-state index in [4.69, 9.17) is 10.3 Å². The minimum absolute atomic E-state index is 0.0892. The standard InChI is InChI=1S/C10H16N4O2/c1-6-12-9(13-16-6)10(15)14(2)8(5-11)7-3-4-7/h7-8H,3-5,11H2,1-2H3. The Morgan fingerprint density at radius 3 is 2.81 bits per heavy atom. The van der Waals surface area contributed by atoms with E-state index in [0.717, 1.165) is 12.8 Å². The van der Waals surface area contributed by atoms with Gasteiger partial charge < -0.3 is 15.2 Å². The molecular formula is C10H16N4O2. The molecule has 88 valence electrons. The van der Waals surface area contributed by atoms with Gasteiger partial charge in [-0.25, -0.2) is 0 Å². The number of hydrogen-bond acceptors (Lipinski definition) is 5. The van der Waals surface area contributed by atoms with Gasteiger partial charge in [0.05, 0.1) is 0 Å². The van der Waals surface area contributed by atoms with Crippen LogP contribution in [0, 0.1) is 12.8 Å². The minimum atomic E-state index is -0.223. The SMILES string of the molecule is Cc1nc(C(=O)N(C)C(CN)C2CC2)no1. The van der Waals surface area contributed by atoms with Gasteiger partial charge in [-0.3, -0.25) is 4.79 Å². The van der Waals surface area contributed by atoms with Gasteiger partial charge in [-0.2, -0.15) is 4.98 Å². The second kappa shape index (κ2) is 4.21. The highest BCUT2D eigenvalue weighted by Gasteiger charge is 2.36. The van der Waals surface area contributed by atoms with Crippen molar-refractivity contribution in [3.63, 3.8) is 0 Å². The molecule has 0 spiro atoms. The topological polar surface area (TPSA) is 85.2 Å². The van der Waals surface area contributed by atoms with Crippen molar-refractivity contribution < 1.29 is 9.32 Å². The lowest BCUT2D eigenvalue weighted by Crippen LogP contribution is -2.43. The van der Waals surface area contributed by atoms with Crippen molar-refractivity contribution in [1.82, 2.24) is 15.0 Å². The lowest BCUT2D eigenvalue weighted by Gasteiger charge is -2.25. The molecule has 16 heavy (non-hydrogen) atoms. The Morgan fingerprint density at radius 1 is 1.69 bits per heavy atom. The summed E-state index contributed by atoms with van der Waals surface area (Å²) >= 11 is 0. The zero-order valence-electron chi connectivity index (χ0n) is 9.51. The number of amides is 1. The van der Waals surface area contributed by atoms with Crippen molar-refractivity contribution in [2.24, 2.45) is 11.7 Å². The highest BCUT2D eigenvalue weighted by Crippen LogP contribution is 2.34. The predicted molar refractivity (Wildman–Crippen MR) is 56.7 cm³/mol. The third-order valence-corrected chi connectivity index (χ3v) is 2.94. The van der Waals surface area contributed by atoms with Crippen LogP contribution in [0.4, 0.5) is 0 Å². The molecule has 6 nitrogen and oxygen atoms in total. The molecule has 1 atom stereocenters. The van der Waals surface area contributed by atoms with Crippen LogP contribution >= 0.6 is 0 Å². The molecule has 1 aromatic rings. The molecule has 1 heterocycles. The summed E-state index contributed by atoms with van der Waals surface area (Å²) in [5, 5.41) is 3.62. The Hall–Kier alpha value is -1.43. The summed E-state index contributed by atoms with van der Waals surface area (Å²) in [6.07, 6.45) is 2.29. The van der Waals surface area contributed by atoms with Crippen LogP contribution in [0.15, 0.2) is 4.52 Å². The quantitative estimate of drug-likeness (QED) is 0.789. The summed E-state index contributed by atoms with van der Waals surface area (Å²) < 4.78 is 4.79. The number of aryl methyl sites for hydroxylation is 1. The fraction of sp³-hybridized carbons (Fsp3) is 0.700. The van der Waals surface area contributed by atoms with Crippen LogP contribution in [-0.2, 0) is 0 Å². The molecule has 1 saturated carbocycles. The summed E-state index contributed by atoms with van der Waals surface area (Å²) in [5.41, 5.74) is 5.68. The fourth-order valence-corrected chi connectivity index (χ4v) is 1.84. The van der Waals surface area contributed by atoms with Crippen molar-refractivity contribution in [3.05, 3.63) is 11.7 Å². The largest absolute Gasteiger partial charge is 0.339 e. The molecule has 6 heteroatoms. The zero-order valence-corrected chi connectivity index (χ0v) is 9.51. The molecule has 0 aromatic carbocycles. The lowest BCUT2D eigenvalue weighted by molar-refractivity contribution is 0.0703. The fourth-order valence-electron chi connectivity index (χ4n) is 1.84. The molecule has 0 aliphatic heterocycles. The number of nitrogens with zero attached hydrogens (tertiary/aromatic N) is 3. The first-order valence-corrected chi connectivity index (χ1v) is 5.41. The average molecular weight is 224 g/mol. The van der Waals surface area contributed by atoms with E-state index in [1.807, 2.05) is 0 Å². The van der Waals surface area contributed by atoms with Gasteiger partial charge in [0.15, 0.2) is 0 Å². The summed E-state index contributed by atoms with van der Waals surface area (Å²) in [6, 6.07) is 0.0892. The lowest BCUT2D eigenvalue weighted by atomic mass is 10.1. The Kier molecular flexibility index (Phi) is 2.91. The average Bonchev–Trinajstić information content (AvgIpc) is 3.00. The summed E-state index contributed by atoms with van der Waals surface area (Å²) in [7, 11) is 1.74. The monoisotopic (exact) mass is 224 g/mol. The van der Waals surface area contributed by atoms with Gasteiger partial charge in [0.1, 0.15) is 0 Å². The minimum Gasteiger partial charge on any atom is -0.339 e. The number of hydrogen-bond donors (Lipinski definition) is 1. The third-order valence-electron chi connectivity index (χ3n) is 2.94. The van der Waals surface area contributed by atoms with Crippen LogP contribution in [0.25, 0.3) is 0 Å². The summed E-state index contributed by atoms with van der Waals surface area (Å²) in [6.45, 7) is 2.13. The second-order valence-electron chi connectivity index (χ2n) is 4.19. The third kappa shape index (κ3) is 2.06. The molecule has 1 fully saturated rings. The van der Waals surface area contributed by atoms with E-state index >= 15 is 0 Å². The van der Waals surface area contributed by atoms with Crippen LogP contribution in [0.1, 0.15) is 29.4 Å². The molecular weight excluding hydrogens is 208 g/mol. The molecule has 1 unspecified atom stereocenters. The number of likely N-dealkylation sites (N-methyl/N-ethyl adjacent to an activating group) is 1. The first-order valence-electron chi connectivity index (χ1n) is 5.41. The molecule has 1 amide bonds. The van der Waals surface area contributed by atoms with E-state index in [1.54, 1.807) is 18.9 Å². The highest BCUT2D eigenvalue weighted by molar-refractivity contribution is 5.90. The summed E-state index contributed by atoms with van der Waals surface area (Å²) in [4.78, 5) is 17.5. The van der Waals surface area contributed by atoms with Crippen molar-refractivity contribution in [1.29, 1.82) is 0 Å². The molecule has 2 rings (SSSR count). The van der Waals surface area contributed by atoms with E-state index in [2.05, 4.69) is 10.1 Å². The number of aromatic nitrogens is 2. The Balaban J connectivity index is 2.08. The molecule has 0 saturated heterocycles. The predicted octanol–water partition coefficient (Wildman–Crippen LogP) is 0.187. The molecule has 0 bridgehead atoms. The highest BCUT2D eigenvalue weighted by atomic mass is 16.5. The van der Waals surface area contributed by atoms with E-state index in [-0.39, 0.29) is 17.8 Å². The molecule has 0 radical (unpaired) electrons. The van der Waals surface area contributed by atoms with Gasteiger partial charge in [-0.1, -0.05) is 5.16 Å². The number of carbonyl (C=O) groups is 1. The van der Waals surface area contributed by atoms with Crippen LogP contribution < -0.4 is 5.73 Å². The Morgan fingerprint density at radius 2 is 2.38 bits per heavy atom. The van der Waals surface area contributed by atoms with Crippen LogP contribution in [0.5, 0.6) is 0 Å². The van der Waals surface area contributed by atoms with Gasteiger partial charge in [-0.05, 0) is 18.8 Å².